The third-order valence-corrected chi connectivity index (χ3v) is 6.55. The van der Waals surface area contributed by atoms with Crippen LogP contribution in [0.3, 0.4) is 0 Å². The van der Waals surface area contributed by atoms with Crippen molar-refractivity contribution < 1.29 is 13.6 Å². The van der Waals surface area contributed by atoms with Crippen LogP contribution in [0.2, 0.25) is 0 Å². The fourth-order valence-corrected chi connectivity index (χ4v) is 4.78. The molecular formula is C23H31ClF2N6O. The van der Waals surface area contributed by atoms with E-state index >= 15 is 0 Å². The summed E-state index contributed by atoms with van der Waals surface area (Å²) in [6, 6.07) is 7.51. The normalized spacial score (nSPS) is 18.1. The Hall–Kier alpha value is -2.52. The van der Waals surface area contributed by atoms with Crippen LogP contribution in [0.4, 0.5) is 8.78 Å². The smallest absolute Gasteiger partial charge is 0.266 e. The lowest BCUT2D eigenvalue weighted by molar-refractivity contribution is -0.0476. The second kappa shape index (κ2) is 9.77. The Bertz CT molecular complexity index is 1120. The molecule has 10 heteroatoms. The number of aryl methyl sites for hydroxylation is 1. The van der Waals surface area contributed by atoms with Crippen LogP contribution < -0.4 is 11.5 Å². The van der Waals surface area contributed by atoms with E-state index in [0.29, 0.717) is 24.4 Å². The van der Waals surface area contributed by atoms with Gasteiger partial charge in [0.1, 0.15) is 11.5 Å². The molecule has 2 heterocycles. The lowest BCUT2D eigenvalue weighted by atomic mass is 9.77. The fraction of sp³-hybridized carbons (Fsp3) is 0.522. The number of primary amides is 1. The lowest BCUT2D eigenvalue weighted by Crippen LogP contribution is -2.28. The number of imidazole rings is 1. The largest absolute Gasteiger partial charge is 0.364 e. The minimum atomic E-state index is -2.64. The first kappa shape index (κ1) is 25.1. The average molecular weight is 481 g/mol. The summed E-state index contributed by atoms with van der Waals surface area (Å²) in [6.45, 7) is 2.10. The van der Waals surface area contributed by atoms with Gasteiger partial charge in [-0.05, 0) is 48.9 Å². The summed E-state index contributed by atoms with van der Waals surface area (Å²) in [4.78, 5) is 19.9. The Labute approximate surface area is 197 Å². The minimum Gasteiger partial charge on any atom is -0.364 e. The minimum absolute atomic E-state index is 0. The maximum Gasteiger partial charge on any atom is 0.266 e. The highest BCUT2D eigenvalue weighted by Gasteiger charge is 2.40. The number of carbonyl (C=O) groups excluding carboxylic acids is 1. The van der Waals surface area contributed by atoms with E-state index in [1.165, 1.54) is 4.68 Å². The molecule has 1 unspecified atom stereocenters. The summed E-state index contributed by atoms with van der Waals surface area (Å²) in [7, 11) is 1.65. The number of hydrogen-bond donors (Lipinski definition) is 3. The van der Waals surface area contributed by atoms with E-state index in [9.17, 15) is 13.6 Å². The van der Waals surface area contributed by atoms with Crippen LogP contribution >= 0.6 is 12.4 Å². The van der Waals surface area contributed by atoms with Gasteiger partial charge in [0.25, 0.3) is 5.91 Å². The molecule has 1 aromatic carbocycles. The number of benzene rings is 1. The van der Waals surface area contributed by atoms with Gasteiger partial charge in [0.2, 0.25) is 5.92 Å². The van der Waals surface area contributed by atoms with E-state index in [1.54, 1.807) is 13.1 Å². The van der Waals surface area contributed by atoms with E-state index in [1.807, 2.05) is 18.2 Å². The van der Waals surface area contributed by atoms with Gasteiger partial charge >= 0.3 is 0 Å². The number of carbonyl (C=O) groups is 1. The molecule has 1 aliphatic carbocycles. The predicted molar refractivity (Wildman–Crippen MR) is 126 cm³/mol. The molecule has 33 heavy (non-hydrogen) atoms. The van der Waals surface area contributed by atoms with E-state index in [-0.39, 0.29) is 48.8 Å². The van der Waals surface area contributed by atoms with Gasteiger partial charge in [-0.15, -0.1) is 12.4 Å². The molecule has 0 spiro atoms. The van der Waals surface area contributed by atoms with Crippen molar-refractivity contribution in [3.05, 3.63) is 47.0 Å². The maximum absolute atomic E-state index is 13.9. The van der Waals surface area contributed by atoms with Gasteiger partial charge in [-0.25, -0.2) is 13.8 Å². The van der Waals surface area contributed by atoms with E-state index in [0.717, 1.165) is 29.4 Å². The highest BCUT2D eigenvalue weighted by Crippen LogP contribution is 2.44. The van der Waals surface area contributed by atoms with Crippen molar-refractivity contribution in [2.75, 3.05) is 0 Å². The Morgan fingerprint density at radius 3 is 2.61 bits per heavy atom. The number of aromatic amines is 1. The summed E-state index contributed by atoms with van der Waals surface area (Å²) in [5.74, 6) is -2.98. The molecule has 0 saturated heterocycles. The Morgan fingerprint density at radius 1 is 1.30 bits per heavy atom. The predicted octanol–water partition coefficient (Wildman–Crippen LogP) is 4.57. The molecule has 7 nitrogen and oxygen atoms in total. The number of nitrogens with two attached hydrogens (primary N) is 2. The summed E-state index contributed by atoms with van der Waals surface area (Å²) < 4.78 is 29.1. The first-order valence-electron chi connectivity index (χ1n) is 11.1. The van der Waals surface area contributed by atoms with Gasteiger partial charge in [0.05, 0.1) is 22.6 Å². The van der Waals surface area contributed by atoms with Gasteiger partial charge in [-0.2, -0.15) is 5.10 Å². The Morgan fingerprint density at radius 2 is 2.00 bits per heavy atom. The van der Waals surface area contributed by atoms with Crippen molar-refractivity contribution in [3.8, 4) is 0 Å². The quantitative estimate of drug-likeness (QED) is 0.459. The number of alkyl halides is 2. The number of nitrogens with zero attached hydrogens (tertiary/aromatic N) is 3. The van der Waals surface area contributed by atoms with E-state index < -0.39 is 11.8 Å². The number of hydrogen-bond acceptors (Lipinski definition) is 4. The summed E-state index contributed by atoms with van der Waals surface area (Å²) >= 11 is 0. The summed E-state index contributed by atoms with van der Waals surface area (Å²) in [5, 5.41) is 4.51. The highest BCUT2D eigenvalue weighted by molar-refractivity contribution is 5.91. The molecule has 0 aliphatic heterocycles. The Balaban J connectivity index is 0.00000306. The molecule has 1 amide bonds. The highest BCUT2D eigenvalue weighted by atomic mass is 35.5. The standard InChI is InChI=1S/C23H30F2N6O.ClH/c1-3-4-15(26)14-5-6-16-17(11-14)29-22(28-16)20(13-7-9-23(24,25)10-8-13)18-12-19(21(27)32)31(2)30-18;/h5-6,11-13,15,20H,3-4,7-10,26H2,1-2H3,(H2,27,32)(H,28,29);1H/t15?,20-;/m0./s1. The van der Waals surface area contributed by atoms with Gasteiger partial charge in [0, 0.05) is 25.9 Å². The van der Waals surface area contributed by atoms with Crippen molar-refractivity contribution in [1.29, 1.82) is 0 Å². The van der Waals surface area contributed by atoms with Crippen LogP contribution in [-0.4, -0.2) is 31.6 Å². The molecule has 3 aromatic rings. The number of amides is 1. The lowest BCUT2D eigenvalue weighted by Gasteiger charge is -2.32. The first-order valence-corrected chi connectivity index (χ1v) is 11.1. The number of halogens is 3. The maximum atomic E-state index is 13.9. The number of nitrogens with one attached hydrogen (secondary N) is 1. The second-order valence-corrected chi connectivity index (χ2v) is 8.91. The van der Waals surface area contributed by atoms with Crippen LogP contribution in [0, 0.1) is 5.92 Å². The molecule has 180 valence electrons. The SMILES string of the molecule is CCCC(N)c1ccc2nc([C@H](c3cc(C(N)=O)n(C)n3)C3CCC(F)(F)CC3)[nH]c2c1.Cl. The molecule has 1 aliphatic rings. The van der Waals surface area contributed by atoms with Crippen molar-refractivity contribution in [2.24, 2.45) is 24.4 Å². The molecule has 0 radical (unpaired) electrons. The summed E-state index contributed by atoms with van der Waals surface area (Å²) in [6.07, 6.45) is 2.24. The molecule has 0 bridgehead atoms. The zero-order valence-corrected chi connectivity index (χ0v) is 19.7. The Kier molecular flexibility index (Phi) is 7.43. The molecule has 2 aromatic heterocycles. The fourth-order valence-electron chi connectivity index (χ4n) is 4.78. The van der Waals surface area contributed by atoms with Crippen molar-refractivity contribution >= 4 is 29.3 Å². The zero-order valence-electron chi connectivity index (χ0n) is 18.9. The molecule has 1 saturated carbocycles. The molecule has 4 rings (SSSR count). The molecule has 2 atom stereocenters. The van der Waals surface area contributed by atoms with Crippen LogP contribution in [-0.2, 0) is 7.05 Å². The third kappa shape index (κ3) is 5.19. The number of rotatable bonds is 7. The third-order valence-electron chi connectivity index (χ3n) is 6.55. The van der Waals surface area contributed by atoms with Gasteiger partial charge < -0.3 is 16.5 Å². The van der Waals surface area contributed by atoms with Crippen molar-refractivity contribution in [3.63, 3.8) is 0 Å². The summed E-state index contributed by atoms with van der Waals surface area (Å²) in [5.41, 5.74) is 15.3. The van der Waals surface area contributed by atoms with Crippen LogP contribution in [0.5, 0.6) is 0 Å². The monoisotopic (exact) mass is 480 g/mol. The molecule has 1 fully saturated rings. The molecule has 5 N–H and O–H groups in total. The second-order valence-electron chi connectivity index (χ2n) is 8.91. The number of aromatic nitrogens is 4. The topological polar surface area (TPSA) is 116 Å². The molecular weight excluding hydrogens is 450 g/mol. The zero-order chi connectivity index (χ0) is 23.0. The van der Waals surface area contributed by atoms with Crippen molar-refractivity contribution in [2.45, 2.75) is 63.3 Å². The van der Waals surface area contributed by atoms with Gasteiger partial charge in [-0.1, -0.05) is 19.4 Å². The van der Waals surface area contributed by atoms with Crippen LogP contribution in [0.25, 0.3) is 11.0 Å². The first-order chi connectivity index (χ1) is 15.2. The van der Waals surface area contributed by atoms with Gasteiger partial charge in [-0.3, -0.25) is 9.48 Å². The van der Waals surface area contributed by atoms with Crippen LogP contribution in [0.1, 0.15) is 85.0 Å². The number of fused-ring (bicyclic) bond motifs is 1. The van der Waals surface area contributed by atoms with E-state index in [4.69, 9.17) is 16.5 Å². The average Bonchev–Trinajstić information content (AvgIpc) is 3.32. The van der Waals surface area contributed by atoms with Crippen LogP contribution in [0.15, 0.2) is 24.3 Å². The van der Waals surface area contributed by atoms with Gasteiger partial charge in [0.15, 0.2) is 0 Å². The van der Waals surface area contributed by atoms with E-state index in [2.05, 4.69) is 17.0 Å². The number of H-pyrrole nitrogens is 1. The van der Waals surface area contributed by atoms with Crippen molar-refractivity contribution in [1.82, 2.24) is 19.7 Å².